The van der Waals surface area contributed by atoms with Crippen molar-refractivity contribution < 1.29 is 19.3 Å². The number of nitrogens with one attached hydrogen (secondary N) is 2. The average molecular weight is 452 g/mol. The highest BCUT2D eigenvalue weighted by Crippen LogP contribution is 2.32. The Morgan fingerprint density at radius 1 is 1.15 bits per heavy atom. The number of aromatic nitrogens is 3. The summed E-state index contributed by atoms with van der Waals surface area (Å²) < 4.78 is 17.4. The molecule has 9 heteroatoms. The highest BCUT2D eigenvalue weighted by molar-refractivity contribution is 5.84. The summed E-state index contributed by atoms with van der Waals surface area (Å²) in [5, 5.41) is 17.4. The molecule has 3 N–H and O–H groups in total. The van der Waals surface area contributed by atoms with Crippen molar-refractivity contribution in [3.05, 3.63) is 47.5 Å². The fraction of sp³-hybridized carbons (Fsp3) is 0.458. The molecule has 174 valence electrons. The number of hydrogen-bond donors (Lipinski definition) is 3. The predicted octanol–water partition coefficient (Wildman–Crippen LogP) is 1.90. The molecule has 0 bridgehead atoms. The molecule has 0 spiro atoms. The Balaban J connectivity index is 1.62. The molecule has 2 unspecified atom stereocenters. The number of methoxy groups -OCH3 is 1. The van der Waals surface area contributed by atoms with E-state index in [1.54, 1.807) is 7.11 Å². The van der Waals surface area contributed by atoms with E-state index < -0.39 is 0 Å². The molecular weight excluding hydrogens is 422 g/mol. The van der Waals surface area contributed by atoms with Gasteiger partial charge in [-0.15, -0.1) is 0 Å². The molecule has 4 heterocycles. The lowest BCUT2D eigenvalue weighted by Gasteiger charge is -2.31. The molecule has 2 aliphatic rings. The number of hydrogen-bond acceptors (Lipinski definition) is 9. The quantitative estimate of drug-likeness (QED) is 0.536. The van der Waals surface area contributed by atoms with Crippen molar-refractivity contribution >= 4 is 10.9 Å². The van der Waals surface area contributed by atoms with Crippen molar-refractivity contribution in [1.29, 1.82) is 0 Å². The van der Waals surface area contributed by atoms with Crippen molar-refractivity contribution in [2.75, 3.05) is 40.0 Å². The Hall–Kier alpha value is -2.69. The smallest absolute Gasteiger partial charge is 0.159 e. The number of aliphatic hydroxyl groups is 1. The lowest BCUT2D eigenvalue weighted by atomic mass is 10.0. The van der Waals surface area contributed by atoms with E-state index in [4.69, 9.17) is 29.2 Å². The van der Waals surface area contributed by atoms with Crippen LogP contribution in [0.1, 0.15) is 36.2 Å². The third-order valence-corrected chi connectivity index (χ3v) is 6.18. The number of fused-ring (bicyclic) bond motifs is 1. The number of benzene rings is 1. The second kappa shape index (κ2) is 9.66. The van der Waals surface area contributed by atoms with Gasteiger partial charge in [0.2, 0.25) is 0 Å². The first-order valence-corrected chi connectivity index (χ1v) is 11.3. The van der Waals surface area contributed by atoms with Gasteiger partial charge in [-0.2, -0.15) is 0 Å². The molecule has 3 aromatic rings. The summed E-state index contributed by atoms with van der Waals surface area (Å²) in [6.45, 7) is 5.54. The van der Waals surface area contributed by atoms with Gasteiger partial charge in [-0.25, -0.2) is 9.97 Å². The first-order valence-electron chi connectivity index (χ1n) is 11.3. The second-order valence-corrected chi connectivity index (χ2v) is 8.34. The molecule has 0 aliphatic carbocycles. The standard InChI is InChI=1S/C24H29N5O4/c1-14-23(33-8-6-26-14)22-17-11-27-18(15-3-4-20(31-2)16(9-15)13-30)10-19(17)28-24(29-22)21-12-25-5-7-32-21/h3-4,9-11,14,21,23,25-26,30H,5-8,12-13H2,1-2H3/t14?,21-,23?/m0/s1. The van der Waals surface area contributed by atoms with Crippen LogP contribution in [0.5, 0.6) is 5.75 Å². The SMILES string of the molecule is COc1ccc(-c2cc3nc([C@@H]4CNCCO4)nc(C4OCCNC4C)c3cn2)cc1CO. The Morgan fingerprint density at radius 3 is 2.79 bits per heavy atom. The van der Waals surface area contributed by atoms with E-state index in [1.807, 2.05) is 30.5 Å². The van der Waals surface area contributed by atoms with Gasteiger partial charge in [0, 0.05) is 48.4 Å². The predicted molar refractivity (Wildman–Crippen MR) is 123 cm³/mol. The maximum absolute atomic E-state index is 9.72. The summed E-state index contributed by atoms with van der Waals surface area (Å²) in [6, 6.07) is 7.74. The fourth-order valence-corrected chi connectivity index (χ4v) is 4.42. The van der Waals surface area contributed by atoms with Crippen LogP contribution >= 0.6 is 0 Å². The minimum absolute atomic E-state index is 0.114. The minimum Gasteiger partial charge on any atom is -0.496 e. The van der Waals surface area contributed by atoms with Crippen LogP contribution in [0.2, 0.25) is 0 Å². The van der Waals surface area contributed by atoms with Crippen LogP contribution in [0.15, 0.2) is 30.5 Å². The van der Waals surface area contributed by atoms with Crippen molar-refractivity contribution in [3.8, 4) is 17.0 Å². The molecule has 2 fully saturated rings. The van der Waals surface area contributed by atoms with Crippen LogP contribution in [0, 0.1) is 0 Å². The molecule has 2 saturated heterocycles. The number of pyridine rings is 1. The molecule has 9 nitrogen and oxygen atoms in total. The van der Waals surface area contributed by atoms with E-state index in [0.29, 0.717) is 36.9 Å². The summed E-state index contributed by atoms with van der Waals surface area (Å²) in [6.07, 6.45) is 1.40. The van der Waals surface area contributed by atoms with E-state index in [-0.39, 0.29) is 24.9 Å². The van der Waals surface area contributed by atoms with E-state index >= 15 is 0 Å². The zero-order chi connectivity index (χ0) is 22.8. The third-order valence-electron chi connectivity index (χ3n) is 6.18. The topological polar surface area (TPSA) is 111 Å². The van der Waals surface area contributed by atoms with E-state index in [9.17, 15) is 5.11 Å². The van der Waals surface area contributed by atoms with E-state index in [1.165, 1.54) is 0 Å². The van der Waals surface area contributed by atoms with Gasteiger partial charge in [-0.1, -0.05) is 0 Å². The number of morpholine rings is 2. The highest BCUT2D eigenvalue weighted by atomic mass is 16.5. The summed E-state index contributed by atoms with van der Waals surface area (Å²) in [4.78, 5) is 14.5. The van der Waals surface area contributed by atoms with E-state index in [2.05, 4.69) is 17.6 Å². The summed E-state index contributed by atoms with van der Waals surface area (Å²) in [7, 11) is 1.59. The second-order valence-electron chi connectivity index (χ2n) is 8.34. The van der Waals surface area contributed by atoms with Gasteiger partial charge in [-0.3, -0.25) is 4.98 Å². The molecule has 0 saturated carbocycles. The van der Waals surface area contributed by atoms with Crippen LogP contribution in [-0.4, -0.2) is 66.1 Å². The number of aliphatic hydroxyl groups excluding tert-OH is 1. The molecule has 0 radical (unpaired) electrons. The Morgan fingerprint density at radius 2 is 2.03 bits per heavy atom. The number of rotatable bonds is 5. The van der Waals surface area contributed by atoms with Gasteiger partial charge < -0.3 is 30.0 Å². The van der Waals surface area contributed by atoms with Crippen LogP contribution in [0.4, 0.5) is 0 Å². The lowest BCUT2D eigenvalue weighted by molar-refractivity contribution is -0.00375. The molecular formula is C24H29N5O4. The summed E-state index contributed by atoms with van der Waals surface area (Å²) >= 11 is 0. The first kappa shape index (κ1) is 22.1. The number of nitrogens with zero attached hydrogens (tertiary/aromatic N) is 3. The maximum atomic E-state index is 9.72. The fourth-order valence-electron chi connectivity index (χ4n) is 4.42. The van der Waals surface area contributed by atoms with Crippen LogP contribution in [-0.2, 0) is 16.1 Å². The zero-order valence-electron chi connectivity index (χ0n) is 18.9. The summed E-state index contributed by atoms with van der Waals surface area (Å²) in [5.74, 6) is 1.29. The number of ether oxygens (including phenoxy) is 3. The molecule has 3 atom stereocenters. The van der Waals surface area contributed by atoms with Crippen LogP contribution < -0.4 is 15.4 Å². The van der Waals surface area contributed by atoms with E-state index in [0.717, 1.165) is 40.9 Å². The monoisotopic (exact) mass is 451 g/mol. The molecule has 0 amide bonds. The van der Waals surface area contributed by atoms with Crippen molar-refractivity contribution in [2.24, 2.45) is 0 Å². The minimum atomic E-state index is -0.215. The molecule has 2 aliphatic heterocycles. The normalized spacial score (nSPS) is 23.5. The average Bonchev–Trinajstić information content (AvgIpc) is 2.88. The Bertz CT molecular complexity index is 1140. The Labute approximate surface area is 192 Å². The largest absolute Gasteiger partial charge is 0.496 e. The third kappa shape index (κ3) is 4.42. The van der Waals surface area contributed by atoms with Crippen molar-refractivity contribution in [2.45, 2.75) is 31.8 Å². The van der Waals surface area contributed by atoms with Crippen molar-refractivity contribution in [3.63, 3.8) is 0 Å². The molecule has 5 rings (SSSR count). The lowest BCUT2D eigenvalue weighted by Crippen LogP contribution is -2.42. The Kier molecular flexibility index (Phi) is 6.48. The van der Waals surface area contributed by atoms with Gasteiger partial charge in [0.25, 0.3) is 0 Å². The van der Waals surface area contributed by atoms with Gasteiger partial charge >= 0.3 is 0 Å². The van der Waals surface area contributed by atoms with Gasteiger partial charge in [0.15, 0.2) is 5.82 Å². The van der Waals surface area contributed by atoms with Crippen LogP contribution in [0.25, 0.3) is 22.2 Å². The first-order chi connectivity index (χ1) is 16.2. The van der Waals surface area contributed by atoms with Gasteiger partial charge in [-0.05, 0) is 31.2 Å². The maximum Gasteiger partial charge on any atom is 0.159 e. The van der Waals surface area contributed by atoms with Gasteiger partial charge in [0.1, 0.15) is 18.0 Å². The van der Waals surface area contributed by atoms with Crippen molar-refractivity contribution in [1.82, 2.24) is 25.6 Å². The highest BCUT2D eigenvalue weighted by Gasteiger charge is 2.29. The molecule has 33 heavy (non-hydrogen) atoms. The van der Waals surface area contributed by atoms with Crippen LogP contribution in [0.3, 0.4) is 0 Å². The molecule has 2 aromatic heterocycles. The van der Waals surface area contributed by atoms with Gasteiger partial charge in [0.05, 0.1) is 43.8 Å². The molecule has 1 aromatic carbocycles. The summed E-state index contributed by atoms with van der Waals surface area (Å²) in [5.41, 5.74) is 3.96. The zero-order valence-corrected chi connectivity index (χ0v) is 18.9.